The van der Waals surface area contributed by atoms with Crippen LogP contribution in [0.4, 0.5) is 11.4 Å². The number of nitrogens with one attached hydrogen (secondary N) is 1. The minimum Gasteiger partial charge on any atom is -0.494 e. The van der Waals surface area contributed by atoms with Gasteiger partial charge >= 0.3 is 0 Å². The molecular weight excluding hydrogens is 503 g/mol. The van der Waals surface area contributed by atoms with E-state index in [0.717, 1.165) is 32.0 Å². The quantitative estimate of drug-likeness (QED) is 0.302. The maximum absolute atomic E-state index is 13.6. The topological polar surface area (TPSA) is 50.8 Å². The highest BCUT2D eigenvalue weighted by Gasteiger charge is 2.34. The Bertz CT molecular complexity index is 1100. The highest BCUT2D eigenvalue weighted by molar-refractivity contribution is 14.1. The summed E-state index contributed by atoms with van der Waals surface area (Å²) in [5, 5.41) is 3.54. The third-order valence-corrected chi connectivity index (χ3v) is 5.62. The van der Waals surface area contributed by atoms with Crippen LogP contribution in [0, 0.1) is 3.57 Å². The summed E-state index contributed by atoms with van der Waals surface area (Å²) < 4.78 is 12.3. The maximum atomic E-state index is 13.6. The fraction of sp³-hybridized carbons (Fsp3) is 0.160. The zero-order chi connectivity index (χ0) is 21.8. The van der Waals surface area contributed by atoms with Gasteiger partial charge in [-0.15, -0.1) is 0 Å². The highest BCUT2D eigenvalue weighted by atomic mass is 127. The number of hydrogen-bond donors (Lipinski definition) is 1. The molecule has 0 radical (unpaired) electrons. The van der Waals surface area contributed by atoms with E-state index in [-0.39, 0.29) is 12.1 Å². The molecule has 31 heavy (non-hydrogen) atoms. The molecule has 0 aromatic heterocycles. The van der Waals surface area contributed by atoms with Gasteiger partial charge in [0.05, 0.1) is 12.2 Å². The van der Waals surface area contributed by atoms with Crippen LogP contribution in [0.3, 0.4) is 0 Å². The molecule has 4 rings (SSSR count). The van der Waals surface area contributed by atoms with Crippen LogP contribution in [-0.4, -0.2) is 19.1 Å². The van der Waals surface area contributed by atoms with E-state index in [2.05, 4.69) is 34.5 Å². The molecule has 0 saturated carbocycles. The summed E-state index contributed by atoms with van der Waals surface area (Å²) in [7, 11) is 0. The lowest BCUT2D eigenvalue weighted by Crippen LogP contribution is -2.43. The van der Waals surface area contributed by atoms with Crippen molar-refractivity contribution in [2.45, 2.75) is 13.1 Å². The Morgan fingerprint density at radius 3 is 2.61 bits per heavy atom. The van der Waals surface area contributed by atoms with Crippen LogP contribution < -0.4 is 19.7 Å². The number of hydrogen-bond acceptors (Lipinski definition) is 4. The number of amides is 1. The second kappa shape index (κ2) is 9.43. The molecule has 1 aliphatic rings. The number of nitrogens with zero attached hydrogens (tertiary/aromatic N) is 1. The largest absolute Gasteiger partial charge is 0.494 e. The van der Waals surface area contributed by atoms with Crippen molar-refractivity contribution in [3.63, 3.8) is 0 Å². The Kier molecular flexibility index (Phi) is 6.46. The summed E-state index contributed by atoms with van der Waals surface area (Å²) in [5.41, 5.74) is 3.17. The average molecular weight is 526 g/mol. The molecule has 0 bridgehead atoms. The molecule has 0 spiro atoms. The van der Waals surface area contributed by atoms with Crippen molar-refractivity contribution in [2.24, 2.45) is 0 Å². The fourth-order valence-corrected chi connectivity index (χ4v) is 4.07. The van der Waals surface area contributed by atoms with Crippen molar-refractivity contribution in [3.05, 3.63) is 94.1 Å². The number of benzene rings is 3. The molecule has 3 aromatic rings. The first-order valence-corrected chi connectivity index (χ1v) is 11.1. The van der Waals surface area contributed by atoms with Gasteiger partial charge in [0.2, 0.25) is 0 Å². The number of carbonyl (C=O) groups is 1. The Labute approximate surface area is 195 Å². The van der Waals surface area contributed by atoms with Gasteiger partial charge in [-0.25, -0.2) is 0 Å². The first kappa shape index (κ1) is 21.2. The zero-order valence-electron chi connectivity index (χ0n) is 17.2. The standard InChI is InChI=1S/C25H23IN2O3/c1-3-14-31-21-7-5-6-17(15-21)24-27-23-13-8-18(26)16-22(23)25(29)28(24)19-9-11-20(12-10-19)30-4-2/h3,5-13,15-16,24,27H,1,4,14H2,2H3/t24-/m1/s1. The van der Waals surface area contributed by atoms with Gasteiger partial charge < -0.3 is 14.8 Å². The summed E-state index contributed by atoms with van der Waals surface area (Å²) in [6.07, 6.45) is 1.32. The predicted molar refractivity (Wildman–Crippen MR) is 132 cm³/mol. The van der Waals surface area contributed by atoms with Gasteiger partial charge in [0, 0.05) is 14.9 Å². The van der Waals surface area contributed by atoms with Gasteiger partial charge in [-0.3, -0.25) is 9.69 Å². The van der Waals surface area contributed by atoms with Crippen LogP contribution in [-0.2, 0) is 0 Å². The first-order chi connectivity index (χ1) is 15.1. The van der Waals surface area contributed by atoms with Gasteiger partial charge in [-0.05, 0) is 89.7 Å². The van der Waals surface area contributed by atoms with E-state index in [1.807, 2.05) is 73.7 Å². The molecule has 158 valence electrons. The van der Waals surface area contributed by atoms with E-state index < -0.39 is 0 Å². The van der Waals surface area contributed by atoms with Crippen LogP contribution in [0.2, 0.25) is 0 Å². The van der Waals surface area contributed by atoms with Crippen molar-refractivity contribution in [1.29, 1.82) is 0 Å². The molecule has 1 N–H and O–H groups in total. The molecule has 6 heteroatoms. The number of halogens is 1. The van der Waals surface area contributed by atoms with Crippen molar-refractivity contribution >= 4 is 39.9 Å². The van der Waals surface area contributed by atoms with E-state index in [4.69, 9.17) is 9.47 Å². The number of ether oxygens (including phenoxy) is 2. The summed E-state index contributed by atoms with van der Waals surface area (Å²) >= 11 is 2.23. The second-order valence-electron chi connectivity index (χ2n) is 7.01. The van der Waals surface area contributed by atoms with E-state index in [9.17, 15) is 4.79 Å². The van der Waals surface area contributed by atoms with Crippen LogP contribution >= 0.6 is 22.6 Å². The molecule has 0 saturated heterocycles. The highest BCUT2D eigenvalue weighted by Crippen LogP contribution is 2.38. The third-order valence-electron chi connectivity index (χ3n) is 4.95. The zero-order valence-corrected chi connectivity index (χ0v) is 19.3. The minimum absolute atomic E-state index is 0.0566. The second-order valence-corrected chi connectivity index (χ2v) is 8.26. The van der Waals surface area contributed by atoms with Gasteiger partial charge in [0.15, 0.2) is 0 Å². The van der Waals surface area contributed by atoms with Crippen LogP contribution in [0.25, 0.3) is 0 Å². The molecule has 0 unspecified atom stereocenters. The van der Waals surface area contributed by atoms with Gasteiger partial charge in [-0.2, -0.15) is 0 Å². The number of fused-ring (bicyclic) bond motifs is 1. The maximum Gasteiger partial charge on any atom is 0.262 e. The molecule has 1 heterocycles. The molecule has 5 nitrogen and oxygen atoms in total. The molecule has 3 aromatic carbocycles. The third kappa shape index (κ3) is 4.54. The summed E-state index contributed by atoms with van der Waals surface area (Å²) in [4.78, 5) is 15.4. The van der Waals surface area contributed by atoms with Crippen molar-refractivity contribution < 1.29 is 14.3 Å². The Morgan fingerprint density at radius 2 is 1.87 bits per heavy atom. The first-order valence-electron chi connectivity index (χ1n) is 10.1. The average Bonchev–Trinajstić information content (AvgIpc) is 2.79. The Hall–Kier alpha value is -3.00. The van der Waals surface area contributed by atoms with Crippen molar-refractivity contribution in [3.8, 4) is 11.5 Å². The summed E-state index contributed by atoms with van der Waals surface area (Å²) in [5.74, 6) is 1.44. The van der Waals surface area contributed by atoms with E-state index >= 15 is 0 Å². The van der Waals surface area contributed by atoms with E-state index in [1.165, 1.54) is 0 Å². The van der Waals surface area contributed by atoms with Crippen LogP contribution in [0.1, 0.15) is 29.0 Å². The number of carbonyl (C=O) groups excluding carboxylic acids is 1. The lowest BCUT2D eigenvalue weighted by atomic mass is 10.0. The smallest absolute Gasteiger partial charge is 0.262 e. The normalized spacial score (nSPS) is 15.1. The molecular formula is C25H23IN2O3. The minimum atomic E-state index is -0.384. The number of rotatable bonds is 7. The molecule has 1 atom stereocenters. The van der Waals surface area contributed by atoms with E-state index in [1.54, 1.807) is 11.0 Å². The van der Waals surface area contributed by atoms with Crippen LogP contribution in [0.5, 0.6) is 11.5 Å². The SMILES string of the molecule is C=CCOc1cccc([C@@H]2Nc3ccc(I)cc3C(=O)N2c2ccc(OCC)cc2)c1. The van der Waals surface area contributed by atoms with Crippen molar-refractivity contribution in [2.75, 3.05) is 23.4 Å². The molecule has 1 aliphatic heterocycles. The van der Waals surface area contributed by atoms with Gasteiger partial charge in [0.1, 0.15) is 24.3 Å². The van der Waals surface area contributed by atoms with Crippen LogP contribution in [0.15, 0.2) is 79.4 Å². The van der Waals surface area contributed by atoms with Crippen molar-refractivity contribution in [1.82, 2.24) is 0 Å². The lowest BCUT2D eigenvalue weighted by Gasteiger charge is -2.38. The summed E-state index contributed by atoms with van der Waals surface area (Å²) in [6, 6.07) is 21.2. The molecule has 0 fully saturated rings. The number of anilines is 2. The Morgan fingerprint density at radius 1 is 1.06 bits per heavy atom. The lowest BCUT2D eigenvalue weighted by molar-refractivity contribution is 0.0974. The van der Waals surface area contributed by atoms with Gasteiger partial charge in [-0.1, -0.05) is 24.8 Å². The summed E-state index contributed by atoms with van der Waals surface area (Å²) in [6.45, 7) is 6.66. The Balaban J connectivity index is 1.77. The molecule has 0 aliphatic carbocycles. The fourth-order valence-electron chi connectivity index (χ4n) is 3.58. The monoisotopic (exact) mass is 526 g/mol. The van der Waals surface area contributed by atoms with E-state index in [0.29, 0.717) is 18.8 Å². The molecule has 1 amide bonds. The predicted octanol–water partition coefficient (Wildman–Crippen LogP) is 6.03. The van der Waals surface area contributed by atoms with Gasteiger partial charge in [0.25, 0.3) is 5.91 Å².